The van der Waals surface area contributed by atoms with Gasteiger partial charge in [0.15, 0.2) is 0 Å². The zero-order valence-electron chi connectivity index (χ0n) is 24.8. The van der Waals surface area contributed by atoms with Gasteiger partial charge in [-0.2, -0.15) is 18.2 Å². The van der Waals surface area contributed by atoms with Crippen molar-refractivity contribution in [2.75, 3.05) is 30.8 Å². The minimum absolute atomic E-state index is 0.0634. The molecule has 0 spiro atoms. The lowest BCUT2D eigenvalue weighted by atomic mass is 9.87. The highest BCUT2D eigenvalue weighted by molar-refractivity contribution is 5.95. The van der Waals surface area contributed by atoms with Crippen LogP contribution in [0.3, 0.4) is 0 Å². The largest absolute Gasteiger partial charge is 0.486 e. The standard InChI is InChI=1S/C29H39F3N8O3/c1-28(2,3)39-27(42)36-20-6-5-7-21-23(20)37-24-18(29(30,31)32)15-33-26(38-24)35-19-9-8-16(14-22(19)43-21)25(41)34-17-10-12-40(4)13-11-17/h8-9,14-15,17,20-21,23H,5-7,10-13H2,1-4H3,(H,34,41)(H2,36,39,42)(H2,33,35,37,38)/t20-,21?,23+/m1/s1. The van der Waals surface area contributed by atoms with E-state index in [9.17, 15) is 22.8 Å². The summed E-state index contributed by atoms with van der Waals surface area (Å²) in [6, 6.07) is 3.17. The van der Waals surface area contributed by atoms with Crippen molar-refractivity contribution in [3.63, 3.8) is 0 Å². The van der Waals surface area contributed by atoms with E-state index in [-0.39, 0.29) is 17.9 Å². The molecule has 2 bridgehead atoms. The average Bonchev–Trinajstić information content (AvgIpc) is 2.90. The van der Waals surface area contributed by atoms with Crippen LogP contribution in [0.1, 0.15) is 68.8 Å². The van der Waals surface area contributed by atoms with Gasteiger partial charge in [0.1, 0.15) is 23.2 Å². The SMILES string of the molecule is CN1CCC(NC(=O)c2ccc3c(c2)OC2CCC[C@@H](NC(=O)NC(C)(C)C)[C@@H]2Nc2nc(ncc2C(F)(F)F)N3)CC1. The van der Waals surface area contributed by atoms with Crippen molar-refractivity contribution >= 4 is 29.4 Å². The second kappa shape index (κ2) is 12.1. The maximum atomic E-state index is 14.0. The number of ether oxygens (including phenoxy) is 1. The molecule has 3 heterocycles. The molecule has 43 heavy (non-hydrogen) atoms. The van der Waals surface area contributed by atoms with Crippen LogP contribution >= 0.6 is 0 Å². The molecule has 0 radical (unpaired) electrons. The minimum atomic E-state index is -4.71. The number of benzene rings is 1. The van der Waals surface area contributed by atoms with Gasteiger partial charge in [-0.25, -0.2) is 9.78 Å². The van der Waals surface area contributed by atoms with Crippen molar-refractivity contribution in [1.82, 2.24) is 30.8 Å². The van der Waals surface area contributed by atoms with Crippen molar-refractivity contribution in [2.24, 2.45) is 0 Å². The fourth-order valence-corrected chi connectivity index (χ4v) is 5.68. The van der Waals surface area contributed by atoms with E-state index >= 15 is 0 Å². The van der Waals surface area contributed by atoms with Gasteiger partial charge < -0.3 is 36.2 Å². The van der Waals surface area contributed by atoms with Crippen LogP contribution in [-0.2, 0) is 6.18 Å². The molecule has 3 amide bonds. The van der Waals surface area contributed by atoms with E-state index in [1.165, 1.54) is 0 Å². The van der Waals surface area contributed by atoms with E-state index in [0.717, 1.165) is 32.1 Å². The fourth-order valence-electron chi connectivity index (χ4n) is 5.68. The third-order valence-electron chi connectivity index (χ3n) is 7.86. The minimum Gasteiger partial charge on any atom is -0.486 e. The Labute approximate surface area is 248 Å². The topological polar surface area (TPSA) is 133 Å². The lowest BCUT2D eigenvalue weighted by Crippen LogP contribution is -2.59. The Morgan fingerprint density at radius 2 is 1.81 bits per heavy atom. The average molecular weight is 605 g/mol. The number of rotatable bonds is 3. The van der Waals surface area contributed by atoms with Crippen molar-refractivity contribution in [2.45, 2.75) is 88.8 Å². The van der Waals surface area contributed by atoms with Crippen LogP contribution in [0.15, 0.2) is 24.4 Å². The molecule has 2 fully saturated rings. The first-order valence-corrected chi connectivity index (χ1v) is 14.6. The van der Waals surface area contributed by atoms with Gasteiger partial charge in [0, 0.05) is 23.3 Å². The molecule has 1 unspecified atom stereocenters. The first-order valence-electron chi connectivity index (χ1n) is 14.6. The molecule has 2 aliphatic heterocycles. The Morgan fingerprint density at radius 1 is 1.07 bits per heavy atom. The summed E-state index contributed by atoms with van der Waals surface area (Å²) >= 11 is 0. The lowest BCUT2D eigenvalue weighted by molar-refractivity contribution is -0.137. The number of carbonyl (C=O) groups is 2. The summed E-state index contributed by atoms with van der Waals surface area (Å²) in [4.78, 5) is 36.3. The summed E-state index contributed by atoms with van der Waals surface area (Å²) in [6.07, 6.45) is -1.26. The summed E-state index contributed by atoms with van der Waals surface area (Å²) in [5.41, 5.74) is -0.742. The number of hydrogen-bond acceptors (Lipinski definition) is 8. The normalized spacial score (nSPS) is 22.9. The van der Waals surface area contributed by atoms with Gasteiger partial charge in [-0.1, -0.05) is 0 Å². The van der Waals surface area contributed by atoms with Gasteiger partial charge in [-0.15, -0.1) is 0 Å². The van der Waals surface area contributed by atoms with Gasteiger partial charge >= 0.3 is 12.2 Å². The molecule has 11 nitrogen and oxygen atoms in total. The molecule has 1 aliphatic carbocycles. The fraction of sp³-hybridized carbons (Fsp3) is 0.586. The Bertz CT molecular complexity index is 1340. The monoisotopic (exact) mass is 604 g/mol. The summed E-state index contributed by atoms with van der Waals surface area (Å²) in [5, 5.41) is 14.8. The van der Waals surface area contributed by atoms with Gasteiger partial charge in [0.2, 0.25) is 5.95 Å². The molecular weight excluding hydrogens is 565 g/mol. The first kappa shape index (κ1) is 30.6. The van der Waals surface area contributed by atoms with Crippen molar-refractivity contribution in [1.29, 1.82) is 0 Å². The van der Waals surface area contributed by atoms with E-state index in [1.54, 1.807) is 18.2 Å². The highest BCUT2D eigenvalue weighted by atomic mass is 19.4. The second-order valence-corrected chi connectivity index (χ2v) is 12.6. The third kappa shape index (κ3) is 7.59. The molecule has 1 aromatic heterocycles. The predicted molar refractivity (Wildman–Crippen MR) is 156 cm³/mol. The molecule has 1 aromatic carbocycles. The van der Waals surface area contributed by atoms with Crippen LogP contribution in [0.2, 0.25) is 0 Å². The van der Waals surface area contributed by atoms with Gasteiger partial charge in [-0.05, 0) is 91.2 Å². The maximum absolute atomic E-state index is 14.0. The Kier molecular flexibility index (Phi) is 8.59. The molecule has 5 rings (SSSR count). The molecule has 14 heteroatoms. The number of nitrogens with one attached hydrogen (secondary N) is 5. The number of carbonyl (C=O) groups excluding carboxylic acids is 2. The summed E-state index contributed by atoms with van der Waals surface area (Å²) < 4.78 is 48.4. The van der Waals surface area contributed by atoms with Crippen LogP contribution in [0.25, 0.3) is 0 Å². The van der Waals surface area contributed by atoms with Crippen molar-refractivity contribution in [3.8, 4) is 5.75 Å². The van der Waals surface area contributed by atoms with E-state index in [4.69, 9.17) is 4.74 Å². The number of hydrogen-bond donors (Lipinski definition) is 5. The molecule has 3 aliphatic rings. The van der Waals surface area contributed by atoms with Crippen molar-refractivity contribution in [3.05, 3.63) is 35.5 Å². The zero-order chi connectivity index (χ0) is 30.9. The Balaban J connectivity index is 1.48. The van der Waals surface area contributed by atoms with Gasteiger partial charge in [-0.3, -0.25) is 4.79 Å². The predicted octanol–water partition coefficient (Wildman–Crippen LogP) is 4.25. The molecule has 1 saturated heterocycles. The van der Waals surface area contributed by atoms with Crippen LogP contribution < -0.4 is 31.3 Å². The number of nitrogens with zero attached hydrogens (tertiary/aromatic N) is 3. The number of aromatic nitrogens is 2. The molecule has 1 saturated carbocycles. The number of halogens is 3. The second-order valence-electron chi connectivity index (χ2n) is 12.6. The first-order chi connectivity index (χ1) is 20.2. The van der Waals surface area contributed by atoms with Crippen LogP contribution in [0.5, 0.6) is 5.75 Å². The van der Waals surface area contributed by atoms with Gasteiger partial charge in [0.25, 0.3) is 5.91 Å². The molecular formula is C29H39F3N8O3. The smallest absolute Gasteiger partial charge is 0.421 e. The number of anilines is 3. The van der Waals surface area contributed by atoms with Gasteiger partial charge in [0.05, 0.1) is 17.8 Å². The summed E-state index contributed by atoms with van der Waals surface area (Å²) in [7, 11) is 2.05. The number of likely N-dealkylation sites (tertiary alicyclic amines) is 1. The maximum Gasteiger partial charge on any atom is 0.421 e. The lowest BCUT2D eigenvalue weighted by Gasteiger charge is -2.40. The summed E-state index contributed by atoms with van der Waals surface area (Å²) in [6.45, 7) is 7.31. The third-order valence-corrected chi connectivity index (χ3v) is 7.86. The number of amides is 3. The highest BCUT2D eigenvalue weighted by Crippen LogP contribution is 2.38. The van der Waals surface area contributed by atoms with Crippen LogP contribution in [0.4, 0.5) is 35.4 Å². The Morgan fingerprint density at radius 3 is 2.51 bits per heavy atom. The quantitative estimate of drug-likeness (QED) is 0.351. The van der Waals surface area contributed by atoms with E-state index in [1.807, 2.05) is 20.8 Å². The Hall–Kier alpha value is -3.81. The van der Waals surface area contributed by atoms with E-state index in [0.29, 0.717) is 36.3 Å². The molecule has 234 valence electrons. The molecule has 2 aromatic rings. The number of urea groups is 1. The highest BCUT2D eigenvalue weighted by Gasteiger charge is 2.41. The zero-order valence-corrected chi connectivity index (χ0v) is 24.8. The number of alkyl halides is 3. The van der Waals surface area contributed by atoms with E-state index < -0.39 is 47.3 Å². The number of piperidine rings is 1. The van der Waals surface area contributed by atoms with Crippen LogP contribution in [0, 0.1) is 0 Å². The summed E-state index contributed by atoms with van der Waals surface area (Å²) in [5.74, 6) is -0.387. The number of fused-ring (bicyclic) bond motifs is 4. The van der Waals surface area contributed by atoms with E-state index in [2.05, 4.69) is 48.5 Å². The molecule has 3 atom stereocenters. The molecule has 5 N–H and O–H groups in total. The van der Waals surface area contributed by atoms with Crippen molar-refractivity contribution < 1.29 is 27.5 Å². The van der Waals surface area contributed by atoms with Crippen LogP contribution in [-0.4, -0.2) is 76.7 Å².